The Balaban J connectivity index is 2.09. The number of carbonyl (C=O) groups is 1. The summed E-state index contributed by atoms with van der Waals surface area (Å²) in [7, 11) is 0. The second-order valence-corrected chi connectivity index (χ2v) is 4.49. The van der Waals surface area contributed by atoms with Crippen molar-refractivity contribution in [3.05, 3.63) is 0 Å². The van der Waals surface area contributed by atoms with E-state index < -0.39 is 0 Å². The van der Waals surface area contributed by atoms with Crippen LogP contribution in [0, 0.1) is 17.8 Å². The van der Waals surface area contributed by atoms with Crippen molar-refractivity contribution in [2.24, 2.45) is 17.8 Å². The number of nitrogens with one attached hydrogen (secondary N) is 1. The highest BCUT2D eigenvalue weighted by Crippen LogP contribution is 2.37. The van der Waals surface area contributed by atoms with Crippen LogP contribution in [0.2, 0.25) is 0 Å². The Hall–Kier alpha value is -0.530. The second-order valence-electron chi connectivity index (χ2n) is 4.49. The van der Waals surface area contributed by atoms with E-state index in [1.165, 1.54) is 19.3 Å². The topological polar surface area (TPSA) is 29.1 Å². The fourth-order valence-corrected chi connectivity index (χ4v) is 2.68. The van der Waals surface area contributed by atoms with Gasteiger partial charge in [0.1, 0.15) is 0 Å². The van der Waals surface area contributed by atoms with Crippen molar-refractivity contribution < 1.29 is 4.79 Å². The van der Waals surface area contributed by atoms with Gasteiger partial charge in [-0.2, -0.15) is 0 Å². The van der Waals surface area contributed by atoms with E-state index in [1.807, 2.05) is 0 Å². The third-order valence-electron chi connectivity index (χ3n) is 3.55. The number of rotatable bonds is 0. The van der Waals surface area contributed by atoms with Crippen molar-refractivity contribution >= 4 is 5.91 Å². The predicted molar refractivity (Wildman–Crippen MR) is 47.6 cm³/mol. The highest BCUT2D eigenvalue weighted by molar-refractivity contribution is 5.81. The van der Waals surface area contributed by atoms with Crippen LogP contribution in [0.3, 0.4) is 0 Å². The van der Waals surface area contributed by atoms with Gasteiger partial charge in [-0.15, -0.1) is 0 Å². The van der Waals surface area contributed by atoms with E-state index >= 15 is 0 Å². The van der Waals surface area contributed by atoms with Crippen LogP contribution in [-0.4, -0.2) is 11.9 Å². The summed E-state index contributed by atoms with van der Waals surface area (Å²) in [5, 5.41) is 3.10. The molecular formula is C10H17NO. The molecule has 2 aliphatic rings. The first-order valence-corrected chi connectivity index (χ1v) is 4.99. The van der Waals surface area contributed by atoms with Gasteiger partial charge in [0.2, 0.25) is 5.91 Å². The van der Waals surface area contributed by atoms with Gasteiger partial charge in [-0.05, 0) is 24.7 Å². The van der Waals surface area contributed by atoms with Crippen LogP contribution in [0.4, 0.5) is 0 Å². The Labute approximate surface area is 73.7 Å². The molecular weight excluding hydrogens is 150 g/mol. The molecule has 12 heavy (non-hydrogen) atoms. The Morgan fingerprint density at radius 2 is 2.08 bits per heavy atom. The number of fused-ring (bicyclic) bond motifs is 1. The van der Waals surface area contributed by atoms with E-state index in [0.29, 0.717) is 12.0 Å². The second kappa shape index (κ2) is 2.75. The van der Waals surface area contributed by atoms with Crippen molar-refractivity contribution in [1.29, 1.82) is 0 Å². The SMILES string of the molecule is CC1CCC2C(C1)NC(=O)C2C. The summed E-state index contributed by atoms with van der Waals surface area (Å²) in [6.45, 7) is 4.35. The lowest BCUT2D eigenvalue weighted by Gasteiger charge is -2.30. The predicted octanol–water partition coefficient (Wildman–Crippen LogP) is 1.56. The molecule has 0 aromatic rings. The van der Waals surface area contributed by atoms with Crippen molar-refractivity contribution in [2.45, 2.75) is 39.2 Å². The molecule has 4 unspecified atom stereocenters. The average Bonchev–Trinajstić information content (AvgIpc) is 2.28. The standard InChI is InChI=1S/C10H17NO/c1-6-3-4-8-7(2)10(12)11-9(8)5-6/h6-9H,3-5H2,1-2H3,(H,11,12). The summed E-state index contributed by atoms with van der Waals surface area (Å²) < 4.78 is 0. The van der Waals surface area contributed by atoms with Gasteiger partial charge in [-0.3, -0.25) is 4.79 Å². The lowest BCUT2D eigenvalue weighted by molar-refractivity contribution is -0.122. The van der Waals surface area contributed by atoms with Crippen molar-refractivity contribution in [2.75, 3.05) is 0 Å². The van der Waals surface area contributed by atoms with Crippen LogP contribution >= 0.6 is 0 Å². The lowest BCUT2D eigenvalue weighted by atomic mass is 9.76. The molecule has 0 bridgehead atoms. The van der Waals surface area contributed by atoms with Crippen LogP contribution in [-0.2, 0) is 4.79 Å². The van der Waals surface area contributed by atoms with Crippen LogP contribution in [0.15, 0.2) is 0 Å². The Morgan fingerprint density at radius 3 is 2.83 bits per heavy atom. The Morgan fingerprint density at radius 1 is 1.33 bits per heavy atom. The smallest absolute Gasteiger partial charge is 0.223 e. The average molecular weight is 167 g/mol. The highest BCUT2D eigenvalue weighted by Gasteiger charge is 2.41. The maximum atomic E-state index is 11.3. The van der Waals surface area contributed by atoms with E-state index in [4.69, 9.17) is 0 Å². The molecule has 2 fully saturated rings. The van der Waals surface area contributed by atoms with Gasteiger partial charge in [0, 0.05) is 12.0 Å². The molecule has 4 atom stereocenters. The van der Waals surface area contributed by atoms with Crippen molar-refractivity contribution in [3.63, 3.8) is 0 Å². The number of hydrogen-bond acceptors (Lipinski definition) is 1. The fourth-order valence-electron chi connectivity index (χ4n) is 2.68. The quantitative estimate of drug-likeness (QED) is 0.583. The molecule has 2 nitrogen and oxygen atoms in total. The molecule has 0 radical (unpaired) electrons. The summed E-state index contributed by atoms with van der Waals surface area (Å²) >= 11 is 0. The van der Waals surface area contributed by atoms with Gasteiger partial charge < -0.3 is 5.32 Å². The van der Waals surface area contributed by atoms with Gasteiger partial charge in [0.05, 0.1) is 0 Å². The van der Waals surface area contributed by atoms with Gasteiger partial charge in [0.25, 0.3) is 0 Å². The maximum absolute atomic E-state index is 11.3. The van der Waals surface area contributed by atoms with E-state index in [9.17, 15) is 4.79 Å². The zero-order valence-electron chi connectivity index (χ0n) is 7.84. The lowest BCUT2D eigenvalue weighted by Crippen LogP contribution is -2.34. The van der Waals surface area contributed by atoms with Crippen LogP contribution in [0.25, 0.3) is 0 Å². The van der Waals surface area contributed by atoms with E-state index in [0.717, 1.165) is 5.92 Å². The molecule has 0 spiro atoms. The molecule has 1 heterocycles. The van der Waals surface area contributed by atoms with Crippen LogP contribution < -0.4 is 5.32 Å². The minimum absolute atomic E-state index is 0.266. The number of amides is 1. The number of carbonyl (C=O) groups excluding carboxylic acids is 1. The summed E-state index contributed by atoms with van der Waals surface area (Å²) in [6, 6.07) is 0.497. The first-order chi connectivity index (χ1) is 5.68. The van der Waals surface area contributed by atoms with Gasteiger partial charge >= 0.3 is 0 Å². The molecule has 68 valence electrons. The largest absolute Gasteiger partial charge is 0.353 e. The highest BCUT2D eigenvalue weighted by atomic mass is 16.2. The normalized spacial score (nSPS) is 47.0. The zero-order chi connectivity index (χ0) is 8.72. The Kier molecular flexibility index (Phi) is 1.85. The molecule has 1 N–H and O–H groups in total. The molecule has 1 amide bonds. The van der Waals surface area contributed by atoms with E-state index in [1.54, 1.807) is 0 Å². The van der Waals surface area contributed by atoms with Gasteiger partial charge in [-0.25, -0.2) is 0 Å². The number of hydrogen-bond donors (Lipinski definition) is 1. The van der Waals surface area contributed by atoms with Gasteiger partial charge in [0.15, 0.2) is 0 Å². The van der Waals surface area contributed by atoms with Crippen molar-refractivity contribution in [1.82, 2.24) is 5.32 Å². The summed E-state index contributed by atoms with van der Waals surface area (Å²) in [5.74, 6) is 1.98. The third kappa shape index (κ3) is 1.13. The molecule has 2 heteroatoms. The molecule has 1 aliphatic carbocycles. The van der Waals surface area contributed by atoms with Gasteiger partial charge in [-0.1, -0.05) is 20.3 Å². The summed E-state index contributed by atoms with van der Waals surface area (Å²) in [6.07, 6.45) is 3.74. The van der Waals surface area contributed by atoms with E-state index in [2.05, 4.69) is 19.2 Å². The molecule has 1 aliphatic heterocycles. The minimum Gasteiger partial charge on any atom is -0.353 e. The molecule has 1 saturated carbocycles. The first-order valence-electron chi connectivity index (χ1n) is 4.99. The third-order valence-corrected chi connectivity index (χ3v) is 3.55. The van der Waals surface area contributed by atoms with Crippen molar-refractivity contribution in [3.8, 4) is 0 Å². The molecule has 0 aromatic carbocycles. The fraction of sp³-hybridized carbons (Fsp3) is 0.900. The first kappa shape index (κ1) is 8.09. The Bertz CT molecular complexity index is 202. The summed E-state index contributed by atoms with van der Waals surface area (Å²) in [4.78, 5) is 11.3. The minimum atomic E-state index is 0.266. The molecule has 2 rings (SSSR count). The van der Waals surface area contributed by atoms with Crippen LogP contribution in [0.1, 0.15) is 33.1 Å². The maximum Gasteiger partial charge on any atom is 0.223 e. The monoisotopic (exact) mass is 167 g/mol. The van der Waals surface area contributed by atoms with Crippen LogP contribution in [0.5, 0.6) is 0 Å². The molecule has 1 saturated heterocycles. The summed E-state index contributed by atoms with van der Waals surface area (Å²) in [5.41, 5.74) is 0. The molecule has 0 aromatic heterocycles. The zero-order valence-corrected chi connectivity index (χ0v) is 7.84. The van der Waals surface area contributed by atoms with E-state index in [-0.39, 0.29) is 11.8 Å².